The van der Waals surface area contributed by atoms with Crippen molar-refractivity contribution in [3.8, 4) is 0 Å². The van der Waals surface area contributed by atoms with Gasteiger partial charge in [-0.25, -0.2) is 0 Å². The quantitative estimate of drug-likeness (QED) is 0.506. The normalized spacial score (nSPS) is 27.9. The fourth-order valence-corrected chi connectivity index (χ4v) is 4.06. The molecule has 1 heterocycles. The van der Waals surface area contributed by atoms with Crippen LogP contribution in [0.1, 0.15) is 17.5 Å². The van der Waals surface area contributed by atoms with E-state index in [-0.39, 0.29) is 0 Å². The van der Waals surface area contributed by atoms with E-state index in [9.17, 15) is 0 Å². The van der Waals surface area contributed by atoms with E-state index in [4.69, 9.17) is 0 Å². The van der Waals surface area contributed by atoms with Gasteiger partial charge in [0.1, 0.15) is 0 Å². The van der Waals surface area contributed by atoms with Crippen LogP contribution in [0.5, 0.6) is 0 Å². The Balaban J connectivity index is 1.93. The third-order valence-corrected chi connectivity index (χ3v) is 5.21. The molecule has 1 aliphatic carbocycles. The van der Waals surface area contributed by atoms with E-state index in [1.54, 1.807) is 14.2 Å². The summed E-state index contributed by atoms with van der Waals surface area (Å²) in [6.07, 6.45) is 8.51. The number of benzene rings is 1. The molecular weight excluding hydrogens is 387 g/mol. The van der Waals surface area contributed by atoms with Crippen LogP contribution in [0.25, 0.3) is 0 Å². The van der Waals surface area contributed by atoms with Gasteiger partial charge in [-0.3, -0.25) is 0 Å². The van der Waals surface area contributed by atoms with Crippen molar-refractivity contribution >= 4 is 28.9 Å². The van der Waals surface area contributed by atoms with Crippen LogP contribution in [0.3, 0.4) is 0 Å². The zero-order valence-corrected chi connectivity index (χ0v) is 13.9. The fourth-order valence-electron chi connectivity index (χ4n) is 2.91. The average Bonchev–Trinajstić information content (AvgIpc) is 2.48. The van der Waals surface area contributed by atoms with E-state index in [0.717, 1.165) is 38.2 Å². The molecule has 0 saturated heterocycles. The Hall–Kier alpha value is -0.158. The second-order valence-corrected chi connectivity index (χ2v) is 7.47. The Kier molecular flexibility index (Phi) is 3.16. The first-order valence-electron chi connectivity index (χ1n) is 6.10. The van der Waals surface area contributed by atoms with Crippen LogP contribution in [-0.2, 0) is 12.8 Å². The number of nitrogens with one attached hydrogen (secondary N) is 1. The monoisotopic (exact) mass is 403 g/mol. The van der Waals surface area contributed by atoms with Gasteiger partial charge in [0.05, 0.1) is 0 Å². The first-order chi connectivity index (χ1) is 7.83. The molecule has 0 amide bonds. The molecule has 2 atom stereocenters. The van der Waals surface area contributed by atoms with Crippen molar-refractivity contribution in [2.24, 2.45) is 5.92 Å². The number of rotatable bonds is 0. The zero-order chi connectivity index (χ0) is 11.0. The van der Waals surface area contributed by atoms with E-state index < -0.39 is 0 Å². The minimum absolute atomic E-state index is 0.675. The first-order valence-corrected chi connectivity index (χ1v) is 8.35. The molecule has 1 aliphatic heterocycles. The van der Waals surface area contributed by atoms with Crippen molar-refractivity contribution in [1.29, 1.82) is 0 Å². The zero-order valence-electron chi connectivity index (χ0n) is 9.45. The van der Waals surface area contributed by atoms with E-state index in [0.29, 0.717) is 6.04 Å². The SMILES string of the molecule is [Tl][c]1ccc2c(c1)CCC1C=CCNC1C2. The molecule has 2 unspecified atom stereocenters. The molecule has 1 nitrogen and oxygen atoms in total. The van der Waals surface area contributed by atoms with Gasteiger partial charge in [0.25, 0.3) is 0 Å². The molecule has 16 heavy (non-hydrogen) atoms. The molecule has 3 rings (SSSR count). The minimum atomic E-state index is 0.675. The van der Waals surface area contributed by atoms with Crippen molar-refractivity contribution in [2.45, 2.75) is 25.3 Å². The van der Waals surface area contributed by atoms with Gasteiger partial charge in [0.2, 0.25) is 0 Å². The summed E-state index contributed by atoms with van der Waals surface area (Å²) in [5.74, 6) is 0.751. The van der Waals surface area contributed by atoms with E-state index in [2.05, 4.69) is 35.7 Å². The summed E-state index contributed by atoms with van der Waals surface area (Å²) in [6, 6.07) is 7.81. The third kappa shape index (κ3) is 2.12. The molecule has 0 saturated carbocycles. The van der Waals surface area contributed by atoms with Gasteiger partial charge in [-0.1, -0.05) is 0 Å². The van der Waals surface area contributed by atoms with Crippen molar-refractivity contribution < 1.29 is 0 Å². The van der Waals surface area contributed by atoms with Crippen molar-refractivity contribution in [1.82, 2.24) is 5.32 Å². The Labute approximate surface area is 113 Å². The third-order valence-electron chi connectivity index (χ3n) is 3.82. The molecule has 0 bridgehead atoms. The van der Waals surface area contributed by atoms with Crippen LogP contribution >= 0.6 is 0 Å². The molecule has 2 aliphatic rings. The van der Waals surface area contributed by atoms with Crippen molar-refractivity contribution in [3.63, 3.8) is 0 Å². The van der Waals surface area contributed by atoms with E-state index in [1.165, 1.54) is 19.3 Å². The maximum atomic E-state index is 3.64. The second kappa shape index (κ2) is 4.61. The van der Waals surface area contributed by atoms with Crippen LogP contribution in [0.15, 0.2) is 30.4 Å². The van der Waals surface area contributed by atoms with Gasteiger partial charge in [0.15, 0.2) is 0 Å². The Bertz CT molecular complexity index is 425. The van der Waals surface area contributed by atoms with Crippen LogP contribution in [0.2, 0.25) is 0 Å². The Morgan fingerprint density at radius 3 is 3.12 bits per heavy atom. The summed E-state index contributed by atoms with van der Waals surface area (Å²) in [7, 11) is 0. The maximum absolute atomic E-state index is 3.64. The summed E-state index contributed by atoms with van der Waals surface area (Å²) in [4.78, 5) is 0. The molecule has 1 N–H and O–H groups in total. The predicted molar refractivity (Wildman–Crippen MR) is 68.3 cm³/mol. The van der Waals surface area contributed by atoms with Crippen molar-refractivity contribution in [2.75, 3.05) is 6.54 Å². The molecule has 1 aromatic rings. The molecule has 0 radical (unpaired) electrons. The first kappa shape index (κ1) is 11.0. The summed E-state index contributed by atoms with van der Waals surface area (Å²) in [5, 5.41) is 3.64. The Morgan fingerprint density at radius 2 is 2.19 bits per heavy atom. The van der Waals surface area contributed by atoms with Crippen LogP contribution in [0, 0.1) is 5.92 Å². The Morgan fingerprint density at radius 1 is 1.25 bits per heavy atom. The standard InChI is InChI=1S/C14H16N.Tl/c1-2-5-13-10-14-12(6-3-9-15-14)8-7-11(13)4-1;/h2-6,12,14-15H,7-10H2;. The van der Waals surface area contributed by atoms with E-state index >= 15 is 0 Å². The molecule has 0 fully saturated rings. The number of hydrogen-bond donors (Lipinski definition) is 1. The number of hydrogen-bond acceptors (Lipinski definition) is 1. The summed E-state index contributed by atoms with van der Waals surface area (Å²) in [5.41, 5.74) is 3.20. The predicted octanol–water partition coefficient (Wildman–Crippen LogP) is 1.11. The fraction of sp³-hybridized carbons (Fsp3) is 0.429. The molecule has 2 heteroatoms. The number of aryl methyl sites for hydroxylation is 1. The van der Waals surface area contributed by atoms with Gasteiger partial charge in [-0.05, 0) is 0 Å². The molecule has 0 spiro atoms. The van der Waals surface area contributed by atoms with Gasteiger partial charge < -0.3 is 0 Å². The molecule has 80 valence electrons. The topological polar surface area (TPSA) is 12.0 Å². The van der Waals surface area contributed by atoms with Crippen LogP contribution < -0.4 is 8.44 Å². The summed E-state index contributed by atoms with van der Waals surface area (Å²) >= 11 is 0.971. The molecule has 0 aromatic heterocycles. The van der Waals surface area contributed by atoms with Gasteiger partial charge in [-0.15, -0.1) is 0 Å². The number of fused-ring (bicyclic) bond motifs is 2. The summed E-state index contributed by atoms with van der Waals surface area (Å²) < 4.78 is 1.56. The van der Waals surface area contributed by atoms with Crippen LogP contribution in [-0.4, -0.2) is 38.4 Å². The average molecular weight is 403 g/mol. The summed E-state index contributed by atoms with van der Waals surface area (Å²) in [6.45, 7) is 1.05. The van der Waals surface area contributed by atoms with Gasteiger partial charge in [0, 0.05) is 0 Å². The molecular formula is C14H16NTl. The van der Waals surface area contributed by atoms with E-state index in [1.807, 2.05) is 0 Å². The van der Waals surface area contributed by atoms with Gasteiger partial charge >= 0.3 is 113 Å². The van der Waals surface area contributed by atoms with Gasteiger partial charge in [-0.2, -0.15) is 0 Å². The molecule has 1 aromatic carbocycles. The van der Waals surface area contributed by atoms with Crippen LogP contribution in [0.4, 0.5) is 0 Å². The second-order valence-electron chi connectivity index (χ2n) is 4.88. The van der Waals surface area contributed by atoms with Crippen molar-refractivity contribution in [3.05, 3.63) is 41.5 Å².